The molecule has 3 heteroatoms. The van der Waals surface area contributed by atoms with Crippen LogP contribution in [0.1, 0.15) is 24.5 Å². The van der Waals surface area contributed by atoms with Gasteiger partial charge in [-0.1, -0.05) is 25.1 Å². The molecule has 3 nitrogen and oxygen atoms in total. The zero-order valence-electron chi connectivity index (χ0n) is 10.6. The number of rotatable bonds is 5. The third-order valence-electron chi connectivity index (χ3n) is 2.69. The van der Waals surface area contributed by atoms with E-state index < -0.39 is 5.97 Å². The Hall–Kier alpha value is -1.77. The highest BCUT2D eigenvalue weighted by Gasteiger charge is 2.03. The van der Waals surface area contributed by atoms with E-state index >= 15 is 0 Å². The fraction of sp³-hybridized carbons (Fsp3) is 0.357. The first-order valence-corrected chi connectivity index (χ1v) is 5.78. The van der Waals surface area contributed by atoms with Crippen molar-refractivity contribution < 1.29 is 9.90 Å². The van der Waals surface area contributed by atoms with Crippen LogP contribution in [0.4, 0.5) is 5.69 Å². The number of hydrogen-bond donors (Lipinski definition) is 2. The molecule has 0 radical (unpaired) electrons. The maximum Gasteiger partial charge on any atom is 0.331 e. The van der Waals surface area contributed by atoms with Gasteiger partial charge in [0.2, 0.25) is 0 Å². The number of nitrogens with one attached hydrogen (secondary N) is 1. The Bertz CT molecular complexity index is 436. The van der Waals surface area contributed by atoms with Crippen LogP contribution in [0.3, 0.4) is 0 Å². The van der Waals surface area contributed by atoms with Gasteiger partial charge in [0.25, 0.3) is 0 Å². The molecule has 0 aliphatic rings. The lowest BCUT2D eigenvalue weighted by Crippen LogP contribution is -2.05. The predicted molar refractivity (Wildman–Crippen MR) is 70.4 cm³/mol. The molecule has 0 spiro atoms. The summed E-state index contributed by atoms with van der Waals surface area (Å²) < 4.78 is 0. The van der Waals surface area contributed by atoms with Gasteiger partial charge >= 0.3 is 5.97 Å². The minimum absolute atomic E-state index is 0.447. The van der Waals surface area contributed by atoms with Gasteiger partial charge in [0, 0.05) is 17.8 Å². The number of aryl methyl sites for hydroxylation is 2. The summed E-state index contributed by atoms with van der Waals surface area (Å²) in [5.74, 6) is -0.838. The summed E-state index contributed by atoms with van der Waals surface area (Å²) in [6.07, 6.45) is 2.27. The van der Waals surface area contributed by atoms with Gasteiger partial charge in [-0.2, -0.15) is 0 Å². The Balaban J connectivity index is 2.67. The van der Waals surface area contributed by atoms with Crippen LogP contribution in [-0.4, -0.2) is 17.6 Å². The van der Waals surface area contributed by atoms with E-state index in [0.29, 0.717) is 18.5 Å². The first-order chi connectivity index (χ1) is 8.04. The molecular weight excluding hydrogens is 214 g/mol. The van der Waals surface area contributed by atoms with Crippen molar-refractivity contribution in [1.82, 2.24) is 0 Å². The van der Waals surface area contributed by atoms with Gasteiger partial charge in [0.05, 0.1) is 0 Å². The topological polar surface area (TPSA) is 49.3 Å². The SMILES string of the molecule is CC/C(=C/CNc1cc(C)ccc1C)C(=O)O. The van der Waals surface area contributed by atoms with Gasteiger partial charge in [0.1, 0.15) is 0 Å². The molecule has 0 saturated carbocycles. The van der Waals surface area contributed by atoms with Crippen LogP contribution in [0.25, 0.3) is 0 Å². The van der Waals surface area contributed by atoms with Crippen molar-refractivity contribution in [2.75, 3.05) is 11.9 Å². The highest BCUT2D eigenvalue weighted by Crippen LogP contribution is 2.16. The summed E-state index contributed by atoms with van der Waals surface area (Å²) in [5, 5.41) is 12.1. The zero-order chi connectivity index (χ0) is 12.8. The van der Waals surface area contributed by atoms with E-state index in [1.807, 2.05) is 20.8 Å². The normalized spacial score (nSPS) is 11.4. The van der Waals surface area contributed by atoms with Crippen molar-refractivity contribution >= 4 is 11.7 Å². The van der Waals surface area contributed by atoms with Crippen molar-refractivity contribution in [2.45, 2.75) is 27.2 Å². The molecule has 1 aromatic carbocycles. The van der Waals surface area contributed by atoms with Crippen LogP contribution in [-0.2, 0) is 4.79 Å². The Kier molecular flexibility index (Phi) is 4.76. The molecule has 0 aliphatic heterocycles. The molecule has 0 fully saturated rings. The summed E-state index contributed by atoms with van der Waals surface area (Å²) >= 11 is 0. The lowest BCUT2D eigenvalue weighted by atomic mass is 10.1. The summed E-state index contributed by atoms with van der Waals surface area (Å²) in [7, 11) is 0. The van der Waals surface area contributed by atoms with Gasteiger partial charge in [-0.05, 0) is 37.5 Å². The zero-order valence-corrected chi connectivity index (χ0v) is 10.6. The average molecular weight is 233 g/mol. The Labute approximate surface area is 102 Å². The molecule has 0 heterocycles. The molecule has 0 unspecified atom stereocenters. The van der Waals surface area contributed by atoms with E-state index in [1.165, 1.54) is 5.56 Å². The minimum Gasteiger partial charge on any atom is -0.478 e. The van der Waals surface area contributed by atoms with Gasteiger partial charge < -0.3 is 10.4 Å². The Morgan fingerprint density at radius 2 is 2.12 bits per heavy atom. The molecule has 1 aromatic rings. The standard InChI is InChI=1S/C14H19NO2/c1-4-12(14(16)17)7-8-15-13-9-10(2)5-6-11(13)3/h5-7,9,15H,4,8H2,1-3H3,(H,16,17)/b12-7-. The summed E-state index contributed by atoms with van der Waals surface area (Å²) in [6.45, 7) is 6.45. The maximum atomic E-state index is 10.8. The third-order valence-corrected chi connectivity index (χ3v) is 2.69. The van der Waals surface area contributed by atoms with Crippen LogP contribution in [0, 0.1) is 13.8 Å². The van der Waals surface area contributed by atoms with E-state index in [-0.39, 0.29) is 0 Å². The largest absolute Gasteiger partial charge is 0.478 e. The predicted octanol–water partition coefficient (Wildman–Crippen LogP) is 3.14. The first-order valence-electron chi connectivity index (χ1n) is 5.78. The number of carboxylic acid groups (broad SMARTS) is 1. The number of carbonyl (C=O) groups is 1. The highest BCUT2D eigenvalue weighted by atomic mass is 16.4. The fourth-order valence-electron chi connectivity index (χ4n) is 1.59. The van der Waals surface area contributed by atoms with Gasteiger partial charge in [-0.25, -0.2) is 4.79 Å². The van der Waals surface area contributed by atoms with Crippen LogP contribution in [0.2, 0.25) is 0 Å². The van der Waals surface area contributed by atoms with Crippen LogP contribution < -0.4 is 5.32 Å². The van der Waals surface area contributed by atoms with Crippen LogP contribution in [0.15, 0.2) is 29.8 Å². The highest BCUT2D eigenvalue weighted by molar-refractivity contribution is 5.86. The van der Waals surface area contributed by atoms with E-state index in [9.17, 15) is 4.79 Å². The molecule has 2 N–H and O–H groups in total. The summed E-state index contributed by atoms with van der Waals surface area (Å²) in [5.41, 5.74) is 3.86. The average Bonchev–Trinajstić information content (AvgIpc) is 2.28. The third kappa shape index (κ3) is 3.94. The van der Waals surface area contributed by atoms with Gasteiger partial charge in [0.15, 0.2) is 0 Å². The quantitative estimate of drug-likeness (QED) is 0.768. The Morgan fingerprint density at radius 1 is 1.41 bits per heavy atom. The Morgan fingerprint density at radius 3 is 2.71 bits per heavy atom. The second-order valence-corrected chi connectivity index (χ2v) is 4.09. The van der Waals surface area contributed by atoms with E-state index in [1.54, 1.807) is 6.08 Å². The summed E-state index contributed by atoms with van der Waals surface area (Å²) in [4.78, 5) is 10.8. The van der Waals surface area contributed by atoms with Gasteiger partial charge in [-0.15, -0.1) is 0 Å². The second-order valence-electron chi connectivity index (χ2n) is 4.09. The lowest BCUT2D eigenvalue weighted by Gasteiger charge is -2.09. The molecule has 0 atom stereocenters. The minimum atomic E-state index is -0.838. The number of hydrogen-bond acceptors (Lipinski definition) is 2. The van der Waals surface area contributed by atoms with Crippen molar-refractivity contribution in [3.05, 3.63) is 41.0 Å². The smallest absolute Gasteiger partial charge is 0.331 e. The monoisotopic (exact) mass is 233 g/mol. The molecule has 1 rings (SSSR count). The maximum absolute atomic E-state index is 10.8. The van der Waals surface area contributed by atoms with Crippen molar-refractivity contribution in [1.29, 1.82) is 0 Å². The van der Waals surface area contributed by atoms with Crippen LogP contribution in [0.5, 0.6) is 0 Å². The molecule has 0 amide bonds. The van der Waals surface area contributed by atoms with Crippen molar-refractivity contribution in [3.63, 3.8) is 0 Å². The fourth-order valence-corrected chi connectivity index (χ4v) is 1.59. The molecule has 17 heavy (non-hydrogen) atoms. The van der Waals surface area contributed by atoms with Crippen molar-refractivity contribution in [3.8, 4) is 0 Å². The number of carboxylic acids is 1. The summed E-state index contributed by atoms with van der Waals surface area (Å²) in [6, 6.07) is 6.18. The van der Waals surface area contributed by atoms with E-state index in [0.717, 1.165) is 11.3 Å². The van der Waals surface area contributed by atoms with E-state index in [2.05, 4.69) is 23.5 Å². The van der Waals surface area contributed by atoms with Crippen LogP contribution >= 0.6 is 0 Å². The number of benzene rings is 1. The first kappa shape index (κ1) is 13.3. The molecule has 92 valence electrons. The van der Waals surface area contributed by atoms with Crippen molar-refractivity contribution in [2.24, 2.45) is 0 Å². The number of anilines is 1. The van der Waals surface area contributed by atoms with Gasteiger partial charge in [-0.3, -0.25) is 0 Å². The molecular formula is C14H19NO2. The molecule has 0 aliphatic carbocycles. The lowest BCUT2D eigenvalue weighted by molar-refractivity contribution is -0.132. The second kappa shape index (κ2) is 6.09. The molecule has 0 saturated heterocycles. The molecule has 0 bridgehead atoms. The van der Waals surface area contributed by atoms with E-state index in [4.69, 9.17) is 5.11 Å². The molecule has 0 aromatic heterocycles. The number of aliphatic carboxylic acids is 1.